The van der Waals surface area contributed by atoms with Gasteiger partial charge in [-0.25, -0.2) is 4.79 Å². The normalized spacial score (nSPS) is 18.1. The Hall–Kier alpha value is -4.66. The maximum absolute atomic E-state index is 13.3. The first-order chi connectivity index (χ1) is 17.4. The molecule has 0 aromatic heterocycles. The number of hydrogen-bond acceptors (Lipinski definition) is 5. The molecule has 9 heteroatoms. The van der Waals surface area contributed by atoms with E-state index in [1.54, 1.807) is 48.5 Å². The van der Waals surface area contributed by atoms with Gasteiger partial charge in [-0.3, -0.25) is 19.3 Å². The zero-order valence-corrected chi connectivity index (χ0v) is 19.5. The average molecular weight is 485 g/mol. The summed E-state index contributed by atoms with van der Waals surface area (Å²) in [5.41, 5.74) is 1.66. The summed E-state index contributed by atoms with van der Waals surface area (Å²) < 4.78 is 5.18. The van der Waals surface area contributed by atoms with Crippen LogP contribution >= 0.6 is 0 Å². The molecule has 1 aliphatic carbocycles. The number of aryl methyl sites for hydroxylation is 1. The van der Waals surface area contributed by atoms with Crippen molar-refractivity contribution in [2.75, 3.05) is 24.3 Å². The van der Waals surface area contributed by atoms with Crippen molar-refractivity contribution in [3.63, 3.8) is 0 Å². The van der Waals surface area contributed by atoms with Crippen molar-refractivity contribution in [2.45, 2.75) is 18.4 Å². The Morgan fingerprint density at radius 1 is 1.00 bits per heavy atom. The summed E-state index contributed by atoms with van der Waals surface area (Å²) in [6, 6.07) is 20.3. The molecule has 1 atom stereocenters. The first-order valence-electron chi connectivity index (χ1n) is 11.5. The second kappa shape index (κ2) is 9.18. The fraction of sp³-hybridized carbons (Fsp3) is 0.185. The van der Waals surface area contributed by atoms with Crippen molar-refractivity contribution in [3.05, 3.63) is 89.5 Å². The third-order valence-electron chi connectivity index (χ3n) is 6.50. The lowest BCUT2D eigenvalue weighted by Crippen LogP contribution is -2.43. The maximum Gasteiger partial charge on any atom is 0.325 e. The summed E-state index contributed by atoms with van der Waals surface area (Å²) in [4.78, 5) is 52.8. The quantitative estimate of drug-likeness (QED) is 0.465. The number of fused-ring (bicyclic) bond motifs is 2. The standard InChI is InChI=1S/C27H24N4O5/c1-36-19-9-6-8-18(15-19)28-24(33)20-10-3-5-12-22(20)29-23(32)16-31-25(34)27(30-26(31)35)14-13-17-7-2-4-11-21(17)27/h2-12,15H,13-14,16H2,1H3,(H,28,33)(H,29,32)(H,30,35). The molecular formula is C27H24N4O5. The van der Waals surface area contributed by atoms with E-state index in [1.807, 2.05) is 24.3 Å². The summed E-state index contributed by atoms with van der Waals surface area (Å²) in [6.45, 7) is -0.472. The molecule has 3 aromatic rings. The van der Waals surface area contributed by atoms with Crippen LogP contribution in [0.4, 0.5) is 16.2 Å². The molecule has 1 aliphatic heterocycles. The zero-order valence-electron chi connectivity index (χ0n) is 19.5. The fourth-order valence-corrected chi connectivity index (χ4v) is 4.76. The topological polar surface area (TPSA) is 117 Å². The Labute approximate surface area is 207 Å². The Kier molecular flexibility index (Phi) is 5.89. The van der Waals surface area contributed by atoms with E-state index in [9.17, 15) is 19.2 Å². The third-order valence-corrected chi connectivity index (χ3v) is 6.50. The van der Waals surface area contributed by atoms with Crippen LogP contribution in [0.2, 0.25) is 0 Å². The summed E-state index contributed by atoms with van der Waals surface area (Å²) in [5.74, 6) is -0.888. The molecule has 1 unspecified atom stereocenters. The van der Waals surface area contributed by atoms with Gasteiger partial charge < -0.3 is 20.7 Å². The summed E-state index contributed by atoms with van der Waals surface area (Å²) in [7, 11) is 1.53. The number of para-hydroxylation sites is 1. The van der Waals surface area contributed by atoms with Crippen LogP contribution in [0.1, 0.15) is 27.9 Å². The molecule has 1 saturated heterocycles. The van der Waals surface area contributed by atoms with Gasteiger partial charge in [0.05, 0.1) is 18.4 Å². The zero-order chi connectivity index (χ0) is 25.3. The molecule has 0 bridgehead atoms. The van der Waals surface area contributed by atoms with Gasteiger partial charge in [0, 0.05) is 11.8 Å². The second-order valence-electron chi connectivity index (χ2n) is 8.66. The Morgan fingerprint density at radius 3 is 2.61 bits per heavy atom. The van der Waals surface area contributed by atoms with Gasteiger partial charge in [-0.05, 0) is 48.2 Å². The van der Waals surface area contributed by atoms with E-state index in [1.165, 1.54) is 7.11 Å². The van der Waals surface area contributed by atoms with E-state index in [-0.39, 0.29) is 11.3 Å². The van der Waals surface area contributed by atoms with Crippen LogP contribution < -0.4 is 20.7 Å². The molecule has 1 spiro atoms. The van der Waals surface area contributed by atoms with Crippen molar-refractivity contribution >= 4 is 35.1 Å². The number of ether oxygens (including phenoxy) is 1. The highest BCUT2D eigenvalue weighted by atomic mass is 16.5. The van der Waals surface area contributed by atoms with Crippen LogP contribution in [0.15, 0.2) is 72.8 Å². The van der Waals surface area contributed by atoms with Gasteiger partial charge in [-0.1, -0.05) is 42.5 Å². The molecule has 1 heterocycles. The number of carbonyl (C=O) groups excluding carboxylic acids is 4. The van der Waals surface area contributed by atoms with Gasteiger partial charge in [0.15, 0.2) is 0 Å². The summed E-state index contributed by atoms with van der Waals surface area (Å²) in [5, 5.41) is 8.25. The minimum absolute atomic E-state index is 0.229. The molecule has 9 nitrogen and oxygen atoms in total. The summed E-state index contributed by atoms with van der Waals surface area (Å²) in [6.07, 6.45) is 1.11. The number of hydrogen-bond donors (Lipinski definition) is 3. The largest absolute Gasteiger partial charge is 0.497 e. The number of methoxy groups -OCH3 is 1. The van der Waals surface area contributed by atoms with E-state index in [0.29, 0.717) is 24.3 Å². The molecule has 5 amide bonds. The molecule has 5 rings (SSSR count). The SMILES string of the molecule is COc1cccc(NC(=O)c2ccccc2NC(=O)CN2C(=O)NC3(CCc4ccccc43)C2=O)c1. The number of anilines is 2. The third kappa shape index (κ3) is 4.04. The van der Waals surface area contributed by atoms with Gasteiger partial charge in [0.1, 0.15) is 17.8 Å². The van der Waals surface area contributed by atoms with Crippen molar-refractivity contribution in [1.29, 1.82) is 0 Å². The number of benzene rings is 3. The Morgan fingerprint density at radius 2 is 1.78 bits per heavy atom. The van der Waals surface area contributed by atoms with Gasteiger partial charge >= 0.3 is 6.03 Å². The number of imide groups is 1. The fourth-order valence-electron chi connectivity index (χ4n) is 4.76. The molecular weight excluding hydrogens is 460 g/mol. The molecule has 0 radical (unpaired) electrons. The maximum atomic E-state index is 13.3. The monoisotopic (exact) mass is 484 g/mol. The van der Waals surface area contributed by atoms with Gasteiger partial charge in [0.2, 0.25) is 5.91 Å². The molecule has 3 aromatic carbocycles. The highest BCUT2D eigenvalue weighted by molar-refractivity contribution is 6.13. The average Bonchev–Trinajstić information content (AvgIpc) is 3.37. The summed E-state index contributed by atoms with van der Waals surface area (Å²) >= 11 is 0. The minimum atomic E-state index is -1.14. The van der Waals surface area contributed by atoms with Crippen LogP contribution in [0, 0.1) is 0 Å². The first-order valence-corrected chi connectivity index (χ1v) is 11.5. The van der Waals surface area contributed by atoms with E-state index in [2.05, 4.69) is 16.0 Å². The molecule has 36 heavy (non-hydrogen) atoms. The lowest BCUT2D eigenvalue weighted by molar-refractivity contribution is -0.134. The number of urea groups is 1. The highest BCUT2D eigenvalue weighted by Crippen LogP contribution is 2.41. The Balaban J connectivity index is 1.30. The number of rotatable bonds is 6. The highest BCUT2D eigenvalue weighted by Gasteiger charge is 2.55. The van der Waals surface area contributed by atoms with Gasteiger partial charge in [-0.15, -0.1) is 0 Å². The van der Waals surface area contributed by atoms with Gasteiger partial charge in [-0.2, -0.15) is 0 Å². The van der Waals surface area contributed by atoms with Crippen molar-refractivity contribution in [1.82, 2.24) is 10.2 Å². The predicted octanol–water partition coefficient (Wildman–Crippen LogP) is 3.28. The Bertz CT molecular complexity index is 1390. The van der Waals surface area contributed by atoms with Gasteiger partial charge in [0.25, 0.3) is 11.8 Å². The second-order valence-corrected chi connectivity index (χ2v) is 8.66. The molecule has 2 aliphatic rings. The van der Waals surface area contributed by atoms with E-state index in [4.69, 9.17) is 4.74 Å². The van der Waals surface area contributed by atoms with Crippen LogP contribution in [-0.2, 0) is 21.5 Å². The molecule has 0 saturated carbocycles. The molecule has 182 valence electrons. The molecule has 1 fully saturated rings. The van der Waals surface area contributed by atoms with E-state index in [0.717, 1.165) is 16.0 Å². The van der Waals surface area contributed by atoms with Crippen LogP contribution in [-0.4, -0.2) is 42.3 Å². The smallest absolute Gasteiger partial charge is 0.325 e. The lowest BCUT2D eigenvalue weighted by Gasteiger charge is -2.22. The van der Waals surface area contributed by atoms with Crippen molar-refractivity contribution in [3.8, 4) is 5.75 Å². The number of carbonyl (C=O) groups is 4. The number of nitrogens with zero attached hydrogens (tertiary/aromatic N) is 1. The number of nitrogens with one attached hydrogen (secondary N) is 3. The first kappa shape index (κ1) is 23.1. The minimum Gasteiger partial charge on any atom is -0.497 e. The van der Waals surface area contributed by atoms with Crippen LogP contribution in [0.3, 0.4) is 0 Å². The predicted molar refractivity (Wildman–Crippen MR) is 133 cm³/mol. The van der Waals surface area contributed by atoms with Crippen LogP contribution in [0.25, 0.3) is 0 Å². The van der Waals surface area contributed by atoms with Crippen molar-refractivity contribution in [2.24, 2.45) is 0 Å². The lowest BCUT2D eigenvalue weighted by atomic mass is 9.92. The van der Waals surface area contributed by atoms with E-state index >= 15 is 0 Å². The number of amides is 5. The van der Waals surface area contributed by atoms with Crippen LogP contribution in [0.5, 0.6) is 5.75 Å². The van der Waals surface area contributed by atoms with Crippen molar-refractivity contribution < 1.29 is 23.9 Å². The molecule has 3 N–H and O–H groups in total. The van der Waals surface area contributed by atoms with E-state index < -0.39 is 35.8 Å².